The minimum absolute atomic E-state index is 0.191. The summed E-state index contributed by atoms with van der Waals surface area (Å²) in [4.78, 5) is 26.6. The van der Waals surface area contributed by atoms with Crippen LogP contribution in [0.4, 0.5) is 10.1 Å². The molecular weight excluding hydrogens is 517 g/mol. The fourth-order valence-electron chi connectivity index (χ4n) is 5.64. The van der Waals surface area contributed by atoms with Crippen molar-refractivity contribution in [3.05, 3.63) is 88.9 Å². The summed E-state index contributed by atoms with van der Waals surface area (Å²) in [5, 5.41) is 10.0. The fraction of sp³-hybridized carbons (Fsp3) is 0.300. The predicted octanol–water partition coefficient (Wildman–Crippen LogP) is 4.99. The van der Waals surface area contributed by atoms with Gasteiger partial charge in [-0.3, -0.25) is 4.79 Å². The van der Waals surface area contributed by atoms with Crippen molar-refractivity contribution < 1.29 is 19.4 Å². The molecule has 2 aliphatic carbocycles. The molecule has 2 fully saturated rings. The lowest BCUT2D eigenvalue weighted by atomic mass is 10.1. The number of fused-ring (bicyclic) bond motifs is 1. The number of nitrogens with one attached hydrogen (secondary N) is 1. The Morgan fingerprint density at radius 3 is 2.62 bits per heavy atom. The zero-order chi connectivity index (χ0) is 27.1. The number of rotatable bonds is 6. The van der Waals surface area contributed by atoms with Gasteiger partial charge in [0.2, 0.25) is 0 Å². The monoisotopic (exact) mass is 546 g/mol. The molecule has 3 unspecified atom stereocenters. The number of nitrogens with zero attached hydrogens (tertiary/aromatic N) is 3. The van der Waals surface area contributed by atoms with Crippen LogP contribution in [0.5, 0.6) is 0 Å². The first-order valence-corrected chi connectivity index (χ1v) is 13.8. The molecule has 3 aliphatic rings. The van der Waals surface area contributed by atoms with Crippen molar-refractivity contribution in [1.29, 1.82) is 0 Å². The van der Waals surface area contributed by atoms with Gasteiger partial charge in [-0.2, -0.15) is 15.5 Å². The van der Waals surface area contributed by atoms with Gasteiger partial charge in [-0.25, -0.2) is 13.9 Å². The summed E-state index contributed by atoms with van der Waals surface area (Å²) in [6.07, 6.45) is 11.3. The van der Waals surface area contributed by atoms with E-state index in [0.29, 0.717) is 50.8 Å². The molecule has 2 heterocycles. The Balaban J connectivity index is 1.28. The topological polar surface area (TPSA) is 83.8 Å². The van der Waals surface area contributed by atoms with Crippen LogP contribution in [0.25, 0.3) is 17.0 Å². The van der Waals surface area contributed by atoms with Crippen LogP contribution in [0, 0.1) is 23.6 Å². The summed E-state index contributed by atoms with van der Waals surface area (Å²) >= 11 is 6.37. The van der Waals surface area contributed by atoms with Crippen molar-refractivity contribution in [3.63, 3.8) is 0 Å². The Labute approximate surface area is 231 Å². The number of primary amides is 1. The SMILES string of the molecule is CC1C2C=CC=C(n3cc(C(=O)Nc4ccc(Cl)c(C(=O)[NH2+]N5CCCCC5)c4)c(-c4ccc(F)cc4)n3)C12. The largest absolute Gasteiger partial charge is 0.363 e. The third kappa shape index (κ3) is 5.20. The molecule has 2 amide bonds. The van der Waals surface area contributed by atoms with E-state index >= 15 is 0 Å². The number of halogens is 2. The van der Waals surface area contributed by atoms with Crippen LogP contribution in [-0.2, 0) is 0 Å². The Morgan fingerprint density at radius 1 is 1.08 bits per heavy atom. The minimum Gasteiger partial charge on any atom is -0.322 e. The number of aromatic nitrogens is 2. The molecule has 3 aromatic rings. The lowest BCUT2D eigenvalue weighted by Crippen LogP contribution is -2.97. The molecule has 1 aromatic heterocycles. The Morgan fingerprint density at radius 2 is 1.85 bits per heavy atom. The second-order valence-electron chi connectivity index (χ2n) is 10.5. The second-order valence-corrected chi connectivity index (χ2v) is 10.9. The number of hydrogen-bond acceptors (Lipinski definition) is 4. The van der Waals surface area contributed by atoms with Crippen molar-refractivity contribution in [2.24, 2.45) is 17.8 Å². The van der Waals surface area contributed by atoms with E-state index in [0.717, 1.165) is 31.6 Å². The molecule has 1 saturated carbocycles. The van der Waals surface area contributed by atoms with Gasteiger partial charge in [0.05, 0.1) is 10.6 Å². The molecule has 0 spiro atoms. The van der Waals surface area contributed by atoms with Crippen LogP contribution < -0.4 is 10.7 Å². The molecule has 1 saturated heterocycles. The van der Waals surface area contributed by atoms with E-state index < -0.39 is 0 Å². The lowest BCUT2D eigenvalue weighted by molar-refractivity contribution is -0.723. The molecule has 39 heavy (non-hydrogen) atoms. The summed E-state index contributed by atoms with van der Waals surface area (Å²) in [5.41, 5.74) is 4.87. The second kappa shape index (κ2) is 10.5. The molecule has 2 aromatic carbocycles. The van der Waals surface area contributed by atoms with E-state index in [1.54, 1.807) is 46.6 Å². The zero-order valence-corrected chi connectivity index (χ0v) is 22.4. The first-order chi connectivity index (χ1) is 18.9. The molecule has 6 rings (SSSR count). The molecule has 3 N–H and O–H groups in total. The number of allylic oxidation sites excluding steroid dienone is 4. The number of carbonyl (C=O) groups is 2. The smallest absolute Gasteiger partial charge is 0.322 e. The predicted molar refractivity (Wildman–Crippen MR) is 148 cm³/mol. The summed E-state index contributed by atoms with van der Waals surface area (Å²) < 4.78 is 15.4. The maximum absolute atomic E-state index is 13.7. The quantitative estimate of drug-likeness (QED) is 0.427. The highest BCUT2D eigenvalue weighted by Gasteiger charge is 2.49. The van der Waals surface area contributed by atoms with Crippen molar-refractivity contribution in [1.82, 2.24) is 14.8 Å². The Bertz CT molecular complexity index is 1490. The van der Waals surface area contributed by atoms with Gasteiger partial charge in [-0.15, -0.1) is 0 Å². The third-order valence-electron chi connectivity index (χ3n) is 7.91. The number of hydrogen-bond donors (Lipinski definition) is 2. The highest BCUT2D eigenvalue weighted by molar-refractivity contribution is 6.33. The van der Waals surface area contributed by atoms with Gasteiger partial charge in [-0.1, -0.05) is 37.1 Å². The highest BCUT2D eigenvalue weighted by atomic mass is 35.5. The molecular formula is C30H30ClFN5O2+. The highest BCUT2D eigenvalue weighted by Crippen LogP contribution is 2.54. The molecule has 0 bridgehead atoms. The van der Waals surface area contributed by atoms with Crippen LogP contribution in [0.3, 0.4) is 0 Å². The van der Waals surface area contributed by atoms with E-state index in [9.17, 15) is 14.0 Å². The number of benzene rings is 2. The van der Waals surface area contributed by atoms with Crippen LogP contribution in [0.1, 0.15) is 46.9 Å². The van der Waals surface area contributed by atoms with Gasteiger partial charge >= 0.3 is 5.91 Å². The molecule has 1 aliphatic heterocycles. The standard InChI is InChI=1S/C30H29ClFN5O2/c1-18-22-6-5-7-26(27(18)22)37-17-24(28(34-37)19-8-10-20(32)11-9-19)29(38)33-21-12-13-25(31)23(16-21)30(39)35-36-14-3-2-4-15-36/h5-13,16-18,22,27H,2-4,14-15H2,1H3,(H,33,38)(H,35,39)/p+1. The average Bonchev–Trinajstić information content (AvgIpc) is 3.39. The van der Waals surface area contributed by atoms with Crippen LogP contribution in [0.2, 0.25) is 5.02 Å². The van der Waals surface area contributed by atoms with Crippen LogP contribution in [-0.4, -0.2) is 39.7 Å². The van der Waals surface area contributed by atoms with Gasteiger partial charge in [-0.05, 0) is 73.2 Å². The van der Waals surface area contributed by atoms with E-state index in [2.05, 4.69) is 18.3 Å². The summed E-state index contributed by atoms with van der Waals surface area (Å²) in [6, 6.07) is 10.8. The van der Waals surface area contributed by atoms with E-state index in [-0.39, 0.29) is 17.6 Å². The molecule has 200 valence electrons. The maximum atomic E-state index is 13.7. The average molecular weight is 547 g/mol. The molecule has 0 radical (unpaired) electrons. The first-order valence-electron chi connectivity index (χ1n) is 13.4. The number of amides is 2. The van der Waals surface area contributed by atoms with Gasteiger partial charge in [0.1, 0.15) is 17.1 Å². The normalized spacial score (nSPS) is 22.2. The summed E-state index contributed by atoms with van der Waals surface area (Å²) in [7, 11) is 0. The fourth-order valence-corrected chi connectivity index (χ4v) is 5.85. The molecule has 7 nitrogen and oxygen atoms in total. The number of carbonyl (C=O) groups excluding carboxylic acids is 2. The van der Waals surface area contributed by atoms with E-state index in [1.165, 1.54) is 18.6 Å². The van der Waals surface area contributed by atoms with E-state index in [4.69, 9.17) is 16.7 Å². The zero-order valence-electron chi connectivity index (χ0n) is 21.6. The van der Waals surface area contributed by atoms with E-state index in [1.807, 2.05) is 17.2 Å². The maximum Gasteiger partial charge on any atom is 0.363 e. The molecule has 3 atom stereocenters. The number of piperidine rings is 1. The van der Waals surface area contributed by atoms with Gasteiger partial charge in [0.25, 0.3) is 5.91 Å². The van der Waals surface area contributed by atoms with Gasteiger partial charge < -0.3 is 5.32 Å². The van der Waals surface area contributed by atoms with Gasteiger partial charge in [0.15, 0.2) is 0 Å². The Hall–Kier alpha value is -3.59. The summed E-state index contributed by atoms with van der Waals surface area (Å²) in [5.74, 6) is 0.411. The van der Waals surface area contributed by atoms with Crippen molar-refractivity contribution >= 4 is 34.8 Å². The van der Waals surface area contributed by atoms with Crippen LogP contribution in [0.15, 0.2) is 66.9 Å². The number of nitrogens with two attached hydrogens (primary N) is 1. The Kier molecular flexibility index (Phi) is 6.93. The molecule has 9 heteroatoms. The van der Waals surface area contributed by atoms with Crippen molar-refractivity contribution in [3.8, 4) is 11.3 Å². The minimum atomic E-state index is -0.381. The third-order valence-corrected chi connectivity index (χ3v) is 8.24. The van der Waals surface area contributed by atoms with Crippen LogP contribution >= 0.6 is 11.6 Å². The lowest BCUT2D eigenvalue weighted by Gasteiger charge is -2.22. The van der Waals surface area contributed by atoms with Crippen molar-refractivity contribution in [2.45, 2.75) is 26.2 Å². The van der Waals surface area contributed by atoms with Crippen molar-refractivity contribution in [2.75, 3.05) is 18.4 Å². The first kappa shape index (κ1) is 25.7. The number of quaternary nitrogens is 1. The summed E-state index contributed by atoms with van der Waals surface area (Å²) in [6.45, 7) is 3.91. The number of anilines is 1. The van der Waals surface area contributed by atoms with Gasteiger partial charge in [0, 0.05) is 42.2 Å².